The van der Waals surface area contributed by atoms with E-state index in [1.807, 2.05) is 42.5 Å². The molecular weight excluding hydrogens is 342 g/mol. The molecule has 0 radical (unpaired) electrons. The van der Waals surface area contributed by atoms with Gasteiger partial charge in [-0.1, -0.05) is 24.3 Å². The van der Waals surface area contributed by atoms with Crippen LogP contribution in [-0.4, -0.2) is 31.2 Å². The van der Waals surface area contributed by atoms with Crippen molar-refractivity contribution in [2.24, 2.45) is 0 Å². The summed E-state index contributed by atoms with van der Waals surface area (Å²) < 4.78 is 12.3. The third-order valence-electron chi connectivity index (χ3n) is 4.41. The van der Waals surface area contributed by atoms with E-state index in [4.69, 9.17) is 9.47 Å². The number of hydrogen-bond donors (Lipinski definition) is 1. The Hall–Kier alpha value is -3.46. The maximum Gasteiger partial charge on any atom is 0.239 e. The largest absolute Gasteiger partial charge is 0.493 e. The minimum Gasteiger partial charge on any atom is -0.493 e. The number of ether oxygens (including phenoxy) is 2. The number of carbonyl (C=O) groups is 1. The third-order valence-corrected chi connectivity index (χ3v) is 4.41. The second-order valence-corrected chi connectivity index (χ2v) is 6.09. The van der Waals surface area contributed by atoms with E-state index in [1.54, 1.807) is 25.0 Å². The maximum absolute atomic E-state index is 12.3. The van der Waals surface area contributed by atoms with Crippen molar-refractivity contribution in [3.63, 3.8) is 0 Å². The lowest BCUT2D eigenvalue weighted by molar-refractivity contribution is -0.121. The smallest absolute Gasteiger partial charge is 0.239 e. The highest BCUT2D eigenvalue weighted by Gasteiger charge is 2.10. The lowest BCUT2D eigenvalue weighted by Gasteiger charge is -2.10. The highest BCUT2D eigenvalue weighted by atomic mass is 16.5. The summed E-state index contributed by atoms with van der Waals surface area (Å²) in [5.74, 6) is 1.25. The van der Waals surface area contributed by atoms with Crippen molar-refractivity contribution in [2.75, 3.05) is 20.8 Å². The number of hydrogen-bond acceptors (Lipinski definition) is 4. The molecule has 0 aliphatic rings. The molecule has 0 aliphatic carbocycles. The first-order chi connectivity index (χ1) is 13.2. The van der Waals surface area contributed by atoms with Gasteiger partial charge in [0.15, 0.2) is 11.5 Å². The second-order valence-electron chi connectivity index (χ2n) is 6.09. The van der Waals surface area contributed by atoms with Crippen LogP contribution < -0.4 is 14.8 Å². The van der Waals surface area contributed by atoms with Crippen LogP contribution in [0.25, 0.3) is 10.9 Å². The molecular formula is C21H21N3O3. The SMILES string of the molecule is COc1ccc(CCNC(=O)Cn2cc(C#N)c3ccccc32)cc1OC. The van der Waals surface area contributed by atoms with Crippen LogP contribution in [0, 0.1) is 11.3 Å². The van der Waals surface area contributed by atoms with Gasteiger partial charge in [0.1, 0.15) is 12.6 Å². The summed E-state index contributed by atoms with van der Waals surface area (Å²) in [7, 11) is 3.20. The van der Waals surface area contributed by atoms with Gasteiger partial charge in [-0.25, -0.2) is 0 Å². The van der Waals surface area contributed by atoms with E-state index in [0.29, 0.717) is 30.0 Å². The van der Waals surface area contributed by atoms with Gasteiger partial charge in [-0.15, -0.1) is 0 Å². The predicted molar refractivity (Wildman–Crippen MR) is 103 cm³/mol. The second kappa shape index (κ2) is 8.28. The fourth-order valence-corrected chi connectivity index (χ4v) is 3.06. The molecule has 3 aromatic rings. The Bertz CT molecular complexity index is 1000. The third kappa shape index (κ3) is 4.04. The van der Waals surface area contributed by atoms with Gasteiger partial charge in [0.2, 0.25) is 5.91 Å². The lowest BCUT2D eigenvalue weighted by Crippen LogP contribution is -2.29. The number of nitrogens with one attached hydrogen (secondary N) is 1. The molecule has 0 atom stereocenters. The zero-order valence-electron chi connectivity index (χ0n) is 15.4. The molecule has 0 saturated carbocycles. The highest BCUT2D eigenvalue weighted by Crippen LogP contribution is 2.27. The molecule has 138 valence electrons. The molecule has 1 heterocycles. The van der Waals surface area contributed by atoms with Gasteiger partial charge >= 0.3 is 0 Å². The van der Waals surface area contributed by atoms with Crippen LogP contribution in [0.15, 0.2) is 48.7 Å². The van der Waals surface area contributed by atoms with Crippen LogP contribution in [0.4, 0.5) is 0 Å². The van der Waals surface area contributed by atoms with Crippen LogP contribution in [-0.2, 0) is 17.8 Å². The van der Waals surface area contributed by atoms with Gasteiger partial charge in [0, 0.05) is 23.6 Å². The van der Waals surface area contributed by atoms with Crippen LogP contribution in [0.2, 0.25) is 0 Å². The summed E-state index contributed by atoms with van der Waals surface area (Å²) in [6.45, 7) is 0.687. The topological polar surface area (TPSA) is 76.3 Å². The summed E-state index contributed by atoms with van der Waals surface area (Å²) >= 11 is 0. The summed E-state index contributed by atoms with van der Waals surface area (Å²) in [4.78, 5) is 12.3. The molecule has 3 rings (SSSR count). The van der Waals surface area contributed by atoms with Gasteiger partial charge in [0.25, 0.3) is 0 Å². The number of amides is 1. The van der Waals surface area contributed by atoms with Crippen molar-refractivity contribution >= 4 is 16.8 Å². The van der Waals surface area contributed by atoms with Gasteiger partial charge < -0.3 is 19.4 Å². The van der Waals surface area contributed by atoms with Gasteiger partial charge in [-0.2, -0.15) is 5.26 Å². The number of para-hydroxylation sites is 1. The Kier molecular flexibility index (Phi) is 5.62. The summed E-state index contributed by atoms with van der Waals surface area (Å²) in [5.41, 5.74) is 2.50. The molecule has 27 heavy (non-hydrogen) atoms. The molecule has 0 saturated heterocycles. The first kappa shape index (κ1) is 18.3. The van der Waals surface area contributed by atoms with E-state index in [1.165, 1.54) is 0 Å². The molecule has 0 aliphatic heterocycles. The minimum absolute atomic E-state index is 0.0966. The Balaban J connectivity index is 1.60. The van der Waals surface area contributed by atoms with E-state index < -0.39 is 0 Å². The Labute approximate surface area is 157 Å². The Morgan fingerprint density at radius 1 is 1.15 bits per heavy atom. The normalized spacial score (nSPS) is 10.4. The monoisotopic (exact) mass is 363 g/mol. The molecule has 0 unspecified atom stereocenters. The molecule has 6 heteroatoms. The van der Waals surface area contributed by atoms with Gasteiger partial charge in [-0.3, -0.25) is 4.79 Å². The Morgan fingerprint density at radius 2 is 1.93 bits per heavy atom. The number of carbonyl (C=O) groups excluding carboxylic acids is 1. The van der Waals surface area contributed by atoms with E-state index in [9.17, 15) is 10.1 Å². The molecule has 0 bridgehead atoms. The summed E-state index contributed by atoms with van der Waals surface area (Å²) in [6, 6.07) is 15.5. The van der Waals surface area contributed by atoms with Crippen molar-refractivity contribution in [3.8, 4) is 17.6 Å². The number of aromatic nitrogens is 1. The molecule has 1 N–H and O–H groups in total. The molecule has 6 nitrogen and oxygen atoms in total. The quantitative estimate of drug-likeness (QED) is 0.700. The number of benzene rings is 2. The first-order valence-electron chi connectivity index (χ1n) is 8.62. The van der Waals surface area contributed by atoms with Crippen LogP contribution in [0.5, 0.6) is 11.5 Å². The van der Waals surface area contributed by atoms with Crippen molar-refractivity contribution in [2.45, 2.75) is 13.0 Å². The van der Waals surface area contributed by atoms with E-state index >= 15 is 0 Å². The van der Waals surface area contributed by atoms with Gasteiger partial charge in [-0.05, 0) is 30.2 Å². The van der Waals surface area contributed by atoms with Crippen molar-refractivity contribution in [1.29, 1.82) is 5.26 Å². The summed E-state index contributed by atoms with van der Waals surface area (Å²) in [5, 5.41) is 13.0. The number of methoxy groups -OCH3 is 2. The maximum atomic E-state index is 12.3. The summed E-state index contributed by atoms with van der Waals surface area (Å²) in [6.07, 6.45) is 2.40. The first-order valence-corrected chi connectivity index (χ1v) is 8.62. The number of rotatable bonds is 7. The zero-order valence-corrected chi connectivity index (χ0v) is 15.4. The average molecular weight is 363 g/mol. The van der Waals surface area contributed by atoms with Crippen molar-refractivity contribution in [1.82, 2.24) is 9.88 Å². The molecule has 0 fully saturated rings. The minimum atomic E-state index is -0.0966. The highest BCUT2D eigenvalue weighted by molar-refractivity contribution is 5.88. The average Bonchev–Trinajstić information content (AvgIpc) is 3.05. The molecule has 1 aromatic heterocycles. The lowest BCUT2D eigenvalue weighted by atomic mass is 10.1. The van der Waals surface area contributed by atoms with E-state index in [-0.39, 0.29) is 12.5 Å². The zero-order chi connectivity index (χ0) is 19.2. The Morgan fingerprint density at radius 3 is 2.67 bits per heavy atom. The van der Waals surface area contributed by atoms with E-state index in [2.05, 4.69) is 11.4 Å². The fourth-order valence-electron chi connectivity index (χ4n) is 3.06. The standard InChI is InChI=1S/C21H21N3O3/c1-26-19-8-7-15(11-20(19)27-2)9-10-23-21(25)14-24-13-16(12-22)17-5-3-4-6-18(17)24/h3-8,11,13H,9-10,14H2,1-2H3,(H,23,25). The van der Waals surface area contributed by atoms with E-state index in [0.717, 1.165) is 16.5 Å². The number of nitriles is 1. The fraction of sp³-hybridized carbons (Fsp3) is 0.238. The molecule has 2 aromatic carbocycles. The van der Waals surface area contributed by atoms with Crippen LogP contribution >= 0.6 is 0 Å². The van der Waals surface area contributed by atoms with Crippen LogP contribution in [0.1, 0.15) is 11.1 Å². The number of fused-ring (bicyclic) bond motifs is 1. The molecule has 0 spiro atoms. The van der Waals surface area contributed by atoms with Crippen LogP contribution in [0.3, 0.4) is 0 Å². The molecule has 1 amide bonds. The number of nitrogens with zero attached hydrogens (tertiary/aromatic N) is 2. The predicted octanol–water partition coefficient (Wildman–Crippen LogP) is 2.89. The van der Waals surface area contributed by atoms with Crippen molar-refractivity contribution < 1.29 is 14.3 Å². The van der Waals surface area contributed by atoms with Crippen molar-refractivity contribution in [3.05, 3.63) is 59.8 Å². The van der Waals surface area contributed by atoms with Gasteiger partial charge in [0.05, 0.1) is 19.8 Å².